The molecule has 1 amide bonds. The molecule has 1 saturated heterocycles. The quantitative estimate of drug-likeness (QED) is 0.880. The van der Waals surface area contributed by atoms with Crippen molar-refractivity contribution >= 4 is 39.1 Å². The van der Waals surface area contributed by atoms with E-state index in [-0.39, 0.29) is 17.9 Å². The highest BCUT2D eigenvalue weighted by atomic mass is 79.9. The first-order valence-electron chi connectivity index (χ1n) is 6.19. The summed E-state index contributed by atoms with van der Waals surface area (Å²) in [5, 5.41) is 6.71. The summed E-state index contributed by atoms with van der Waals surface area (Å²) in [6.45, 7) is 3.87. The monoisotopic (exact) mass is 346 g/mol. The lowest BCUT2D eigenvalue weighted by Gasteiger charge is -2.18. The van der Waals surface area contributed by atoms with E-state index in [9.17, 15) is 4.79 Å². The SMILES string of the molecule is CCNC1COCC1C(=O)Nc1ccc(Br)c(Cl)c1. The molecule has 1 fully saturated rings. The van der Waals surface area contributed by atoms with Crippen molar-refractivity contribution in [3.63, 3.8) is 0 Å². The molecule has 0 aromatic heterocycles. The minimum Gasteiger partial charge on any atom is -0.379 e. The predicted octanol–water partition coefficient (Wildman–Crippen LogP) is 2.67. The van der Waals surface area contributed by atoms with Crippen molar-refractivity contribution in [1.82, 2.24) is 5.32 Å². The second kappa shape index (κ2) is 6.70. The number of nitrogens with one attached hydrogen (secondary N) is 2. The van der Waals surface area contributed by atoms with Gasteiger partial charge in [-0.1, -0.05) is 18.5 Å². The van der Waals surface area contributed by atoms with Gasteiger partial charge in [0.25, 0.3) is 0 Å². The van der Waals surface area contributed by atoms with Gasteiger partial charge in [0, 0.05) is 16.2 Å². The average molecular weight is 348 g/mol. The van der Waals surface area contributed by atoms with Gasteiger partial charge < -0.3 is 15.4 Å². The van der Waals surface area contributed by atoms with Crippen molar-refractivity contribution < 1.29 is 9.53 Å². The van der Waals surface area contributed by atoms with Crippen LogP contribution in [0.3, 0.4) is 0 Å². The first kappa shape index (κ1) is 14.8. The van der Waals surface area contributed by atoms with Crippen LogP contribution in [0, 0.1) is 5.92 Å². The molecule has 1 heterocycles. The van der Waals surface area contributed by atoms with Crippen LogP contribution in [-0.2, 0) is 9.53 Å². The first-order chi connectivity index (χ1) is 9.11. The van der Waals surface area contributed by atoms with E-state index in [2.05, 4.69) is 26.6 Å². The number of ether oxygens (including phenoxy) is 1. The molecule has 0 saturated carbocycles. The van der Waals surface area contributed by atoms with Gasteiger partial charge in [0.1, 0.15) is 0 Å². The minimum absolute atomic E-state index is 0.0400. The molecule has 19 heavy (non-hydrogen) atoms. The third-order valence-electron chi connectivity index (χ3n) is 3.07. The number of anilines is 1. The molecule has 0 radical (unpaired) electrons. The summed E-state index contributed by atoms with van der Waals surface area (Å²) in [7, 11) is 0. The van der Waals surface area contributed by atoms with Gasteiger partial charge in [-0.15, -0.1) is 0 Å². The average Bonchev–Trinajstić information content (AvgIpc) is 2.83. The summed E-state index contributed by atoms with van der Waals surface area (Å²) in [6, 6.07) is 5.43. The minimum atomic E-state index is -0.164. The van der Waals surface area contributed by atoms with Crippen LogP contribution in [0.1, 0.15) is 6.92 Å². The lowest BCUT2D eigenvalue weighted by molar-refractivity contribution is -0.120. The maximum Gasteiger partial charge on any atom is 0.231 e. The Bertz CT molecular complexity index is 470. The van der Waals surface area contributed by atoms with E-state index < -0.39 is 0 Å². The molecule has 2 N–H and O–H groups in total. The number of rotatable bonds is 4. The maximum atomic E-state index is 12.2. The number of halogens is 2. The molecular weight excluding hydrogens is 332 g/mol. The Hall–Kier alpha value is -0.620. The number of hydrogen-bond donors (Lipinski definition) is 2. The van der Waals surface area contributed by atoms with Crippen LogP contribution in [0.25, 0.3) is 0 Å². The van der Waals surface area contributed by atoms with Crippen LogP contribution in [0.2, 0.25) is 5.02 Å². The fourth-order valence-corrected chi connectivity index (χ4v) is 2.51. The first-order valence-corrected chi connectivity index (χ1v) is 7.36. The molecule has 104 valence electrons. The number of benzene rings is 1. The lowest BCUT2D eigenvalue weighted by Crippen LogP contribution is -2.41. The summed E-state index contributed by atoms with van der Waals surface area (Å²) in [5.41, 5.74) is 0.695. The van der Waals surface area contributed by atoms with Gasteiger partial charge >= 0.3 is 0 Å². The zero-order chi connectivity index (χ0) is 13.8. The highest BCUT2D eigenvalue weighted by molar-refractivity contribution is 9.10. The summed E-state index contributed by atoms with van der Waals surface area (Å²) in [6.07, 6.45) is 0. The molecule has 2 rings (SSSR count). The van der Waals surface area contributed by atoms with Crippen LogP contribution >= 0.6 is 27.5 Å². The summed E-state index contributed by atoms with van der Waals surface area (Å²) in [4.78, 5) is 12.2. The largest absolute Gasteiger partial charge is 0.379 e. The van der Waals surface area contributed by atoms with E-state index in [1.165, 1.54) is 0 Å². The zero-order valence-corrected chi connectivity index (χ0v) is 12.9. The van der Waals surface area contributed by atoms with Crippen LogP contribution in [0.15, 0.2) is 22.7 Å². The van der Waals surface area contributed by atoms with Crippen molar-refractivity contribution in [1.29, 1.82) is 0 Å². The second-order valence-electron chi connectivity index (χ2n) is 4.43. The Kier molecular flexibility index (Phi) is 5.21. The molecule has 1 aromatic carbocycles. The predicted molar refractivity (Wildman–Crippen MR) is 79.6 cm³/mol. The van der Waals surface area contributed by atoms with Gasteiger partial charge in [0.05, 0.1) is 24.2 Å². The normalized spacial score (nSPS) is 22.5. The number of likely N-dealkylation sites (N-methyl/N-ethyl adjacent to an activating group) is 1. The standard InChI is InChI=1S/C13H16BrClN2O2/c1-2-16-12-7-19-6-9(12)13(18)17-8-3-4-10(14)11(15)5-8/h3-5,9,12,16H,2,6-7H2,1H3,(H,17,18). The van der Waals surface area contributed by atoms with Crippen LogP contribution in [0.5, 0.6) is 0 Å². The Morgan fingerprint density at radius 3 is 3.00 bits per heavy atom. The third-order valence-corrected chi connectivity index (χ3v) is 4.30. The lowest BCUT2D eigenvalue weighted by atomic mass is 10.0. The van der Waals surface area contributed by atoms with E-state index in [1.54, 1.807) is 6.07 Å². The van der Waals surface area contributed by atoms with Gasteiger partial charge in [-0.25, -0.2) is 0 Å². The van der Waals surface area contributed by atoms with Gasteiger partial charge in [-0.3, -0.25) is 4.79 Å². The van der Waals surface area contributed by atoms with E-state index in [4.69, 9.17) is 16.3 Å². The molecule has 0 bridgehead atoms. The van der Waals surface area contributed by atoms with E-state index >= 15 is 0 Å². The van der Waals surface area contributed by atoms with E-state index in [0.29, 0.717) is 23.9 Å². The molecule has 0 aliphatic carbocycles. The maximum absolute atomic E-state index is 12.2. The zero-order valence-electron chi connectivity index (χ0n) is 10.6. The molecule has 2 unspecified atom stereocenters. The Morgan fingerprint density at radius 1 is 1.53 bits per heavy atom. The van der Waals surface area contributed by atoms with Crippen LogP contribution < -0.4 is 10.6 Å². The number of carbonyl (C=O) groups excluding carboxylic acids is 1. The molecule has 0 spiro atoms. The van der Waals surface area contributed by atoms with Gasteiger partial charge in [-0.2, -0.15) is 0 Å². The number of amides is 1. The molecule has 1 aliphatic heterocycles. The van der Waals surface area contributed by atoms with Gasteiger partial charge in [-0.05, 0) is 40.7 Å². The highest BCUT2D eigenvalue weighted by Crippen LogP contribution is 2.26. The molecule has 1 aliphatic rings. The molecular formula is C13H16BrClN2O2. The Morgan fingerprint density at radius 2 is 2.32 bits per heavy atom. The number of carbonyl (C=O) groups is 1. The number of hydrogen-bond acceptors (Lipinski definition) is 3. The van der Waals surface area contributed by atoms with Gasteiger partial charge in [0.15, 0.2) is 0 Å². The second-order valence-corrected chi connectivity index (χ2v) is 5.69. The molecule has 6 heteroatoms. The van der Waals surface area contributed by atoms with Crippen molar-refractivity contribution in [3.8, 4) is 0 Å². The fraction of sp³-hybridized carbons (Fsp3) is 0.462. The van der Waals surface area contributed by atoms with Crippen LogP contribution in [-0.4, -0.2) is 31.7 Å². The highest BCUT2D eigenvalue weighted by Gasteiger charge is 2.33. The van der Waals surface area contributed by atoms with E-state index in [0.717, 1.165) is 11.0 Å². The smallest absolute Gasteiger partial charge is 0.231 e. The Labute approximate surface area is 126 Å². The van der Waals surface area contributed by atoms with Crippen molar-refractivity contribution in [3.05, 3.63) is 27.7 Å². The fourth-order valence-electron chi connectivity index (χ4n) is 2.08. The summed E-state index contributed by atoms with van der Waals surface area (Å²) in [5.74, 6) is -0.204. The summed E-state index contributed by atoms with van der Waals surface area (Å²) >= 11 is 9.32. The Balaban J connectivity index is 2.02. The molecule has 2 atom stereocenters. The summed E-state index contributed by atoms with van der Waals surface area (Å²) < 4.78 is 6.17. The van der Waals surface area contributed by atoms with Crippen molar-refractivity contribution in [2.75, 3.05) is 25.1 Å². The molecule has 1 aromatic rings. The van der Waals surface area contributed by atoms with E-state index in [1.807, 2.05) is 19.1 Å². The van der Waals surface area contributed by atoms with Crippen molar-refractivity contribution in [2.24, 2.45) is 5.92 Å². The van der Waals surface area contributed by atoms with Crippen molar-refractivity contribution in [2.45, 2.75) is 13.0 Å². The third kappa shape index (κ3) is 3.69. The van der Waals surface area contributed by atoms with Gasteiger partial charge in [0.2, 0.25) is 5.91 Å². The van der Waals surface area contributed by atoms with Crippen LogP contribution in [0.4, 0.5) is 5.69 Å². The topological polar surface area (TPSA) is 50.4 Å². The molecule has 4 nitrogen and oxygen atoms in total.